The van der Waals surface area contributed by atoms with Crippen LogP contribution in [0.5, 0.6) is 5.75 Å². The fraction of sp³-hybridized carbons (Fsp3) is 0.533. The van der Waals surface area contributed by atoms with Crippen LogP contribution in [0.15, 0.2) is 24.3 Å². The van der Waals surface area contributed by atoms with Gasteiger partial charge < -0.3 is 9.47 Å². The minimum atomic E-state index is -3.52. The van der Waals surface area contributed by atoms with Gasteiger partial charge in [-0.2, -0.15) is 17.0 Å². The number of hydrogen-bond acceptors (Lipinski definition) is 5. The highest BCUT2D eigenvalue weighted by Crippen LogP contribution is 2.31. The van der Waals surface area contributed by atoms with E-state index in [1.165, 1.54) is 22.7 Å². The summed E-state index contributed by atoms with van der Waals surface area (Å²) in [5, 5.41) is 0. The molecular formula is C15H21N3O5S. The van der Waals surface area contributed by atoms with Crippen molar-refractivity contribution in [3.8, 4) is 5.75 Å². The van der Waals surface area contributed by atoms with Crippen LogP contribution in [0.4, 0.5) is 4.79 Å². The van der Waals surface area contributed by atoms with Gasteiger partial charge in [0, 0.05) is 26.2 Å². The van der Waals surface area contributed by atoms with E-state index >= 15 is 0 Å². The smallest absolute Gasteiger partial charge is 0.410 e. The van der Waals surface area contributed by atoms with E-state index in [2.05, 4.69) is 0 Å². The molecule has 2 heterocycles. The minimum Gasteiger partial charge on any atom is -0.496 e. The number of amides is 1. The molecule has 9 heteroatoms. The lowest BCUT2D eigenvalue weighted by molar-refractivity contribution is 0.128. The molecule has 0 aliphatic carbocycles. The van der Waals surface area contributed by atoms with Gasteiger partial charge in [-0.3, -0.25) is 4.90 Å². The molecular weight excluding hydrogens is 334 g/mol. The summed E-state index contributed by atoms with van der Waals surface area (Å²) < 4.78 is 37.8. The van der Waals surface area contributed by atoms with Crippen molar-refractivity contribution < 1.29 is 22.7 Å². The van der Waals surface area contributed by atoms with Crippen LogP contribution in [-0.4, -0.2) is 74.5 Å². The molecule has 0 spiro atoms. The van der Waals surface area contributed by atoms with Crippen molar-refractivity contribution >= 4 is 16.3 Å². The highest BCUT2D eigenvalue weighted by atomic mass is 32.2. The number of nitrogens with zero attached hydrogens (tertiary/aromatic N) is 3. The summed E-state index contributed by atoms with van der Waals surface area (Å²) in [6.07, 6.45) is -0.861. The van der Waals surface area contributed by atoms with E-state index in [4.69, 9.17) is 9.47 Å². The number of benzene rings is 1. The molecule has 1 aromatic rings. The molecule has 24 heavy (non-hydrogen) atoms. The van der Waals surface area contributed by atoms with Crippen molar-refractivity contribution in [1.82, 2.24) is 13.5 Å². The molecule has 1 aromatic carbocycles. The predicted octanol–water partition coefficient (Wildman–Crippen LogP) is 0.507. The normalized spacial score (nSPS) is 24.3. The Kier molecular flexibility index (Phi) is 4.41. The molecule has 0 aromatic heterocycles. The molecule has 2 saturated heterocycles. The zero-order chi connectivity index (χ0) is 17.5. The number of carbonyl (C=O) groups is 1. The number of fused-ring (bicyclic) bond motifs is 1. The van der Waals surface area contributed by atoms with Crippen molar-refractivity contribution in [2.24, 2.45) is 0 Å². The molecule has 2 aliphatic rings. The Bertz CT molecular complexity index is 736. The summed E-state index contributed by atoms with van der Waals surface area (Å²) in [5.74, 6) is 0.685. The molecule has 2 atom stereocenters. The van der Waals surface area contributed by atoms with Crippen LogP contribution >= 0.6 is 0 Å². The molecule has 2 fully saturated rings. The number of methoxy groups -OCH3 is 1. The van der Waals surface area contributed by atoms with E-state index < -0.39 is 22.4 Å². The van der Waals surface area contributed by atoms with E-state index in [1.807, 2.05) is 24.3 Å². The molecule has 0 unspecified atom stereocenters. The standard InChI is InChI=1S/C15H21N3O5S/c1-16(2)24(20,21)17-9-12-14(10-17)23-15(19)18(12)8-11-6-4-5-7-13(11)22-3/h4-7,12,14H,8-10H2,1-3H3/t12-,14+/m0/s1. The number of para-hydroxylation sites is 1. The van der Waals surface area contributed by atoms with Gasteiger partial charge in [-0.05, 0) is 6.07 Å². The maximum absolute atomic E-state index is 12.3. The minimum absolute atomic E-state index is 0.180. The Morgan fingerprint density at radius 2 is 2.00 bits per heavy atom. The van der Waals surface area contributed by atoms with Crippen LogP contribution < -0.4 is 4.74 Å². The number of rotatable bonds is 5. The lowest BCUT2D eigenvalue weighted by Crippen LogP contribution is -2.42. The van der Waals surface area contributed by atoms with E-state index in [0.29, 0.717) is 12.3 Å². The highest BCUT2D eigenvalue weighted by molar-refractivity contribution is 7.86. The van der Waals surface area contributed by atoms with Gasteiger partial charge in [0.1, 0.15) is 11.9 Å². The van der Waals surface area contributed by atoms with E-state index in [0.717, 1.165) is 5.56 Å². The third-order valence-electron chi connectivity index (χ3n) is 4.41. The lowest BCUT2D eigenvalue weighted by Gasteiger charge is -2.24. The van der Waals surface area contributed by atoms with E-state index in [9.17, 15) is 13.2 Å². The quantitative estimate of drug-likeness (QED) is 0.769. The SMILES string of the molecule is COc1ccccc1CN1C(=O)O[C@@H]2CN(S(=O)(=O)N(C)C)C[C@@H]21. The Balaban J connectivity index is 1.79. The average molecular weight is 355 g/mol. The zero-order valence-electron chi connectivity index (χ0n) is 13.9. The zero-order valence-corrected chi connectivity index (χ0v) is 14.7. The fourth-order valence-corrected chi connectivity index (χ4v) is 4.23. The monoisotopic (exact) mass is 355 g/mol. The topological polar surface area (TPSA) is 79.4 Å². The van der Waals surface area contributed by atoms with Gasteiger partial charge in [-0.25, -0.2) is 4.79 Å². The maximum Gasteiger partial charge on any atom is 0.410 e. The third-order valence-corrected chi connectivity index (χ3v) is 6.29. The molecule has 3 rings (SSSR count). The number of carbonyl (C=O) groups excluding carboxylic acids is 1. The lowest BCUT2D eigenvalue weighted by atomic mass is 10.1. The Morgan fingerprint density at radius 1 is 1.29 bits per heavy atom. The van der Waals surface area contributed by atoms with Crippen LogP contribution in [-0.2, 0) is 21.5 Å². The molecule has 1 amide bonds. The first-order valence-electron chi connectivity index (χ1n) is 7.61. The fourth-order valence-electron chi connectivity index (χ4n) is 3.09. The van der Waals surface area contributed by atoms with Gasteiger partial charge in [0.15, 0.2) is 0 Å². The van der Waals surface area contributed by atoms with Gasteiger partial charge in [0.05, 0.1) is 26.2 Å². The van der Waals surface area contributed by atoms with Crippen LogP contribution in [0.2, 0.25) is 0 Å². The molecule has 0 saturated carbocycles. The second-order valence-electron chi connectivity index (χ2n) is 6.04. The molecule has 2 aliphatic heterocycles. The largest absolute Gasteiger partial charge is 0.496 e. The summed E-state index contributed by atoms with van der Waals surface area (Å²) in [4.78, 5) is 13.7. The molecule has 8 nitrogen and oxygen atoms in total. The van der Waals surface area contributed by atoms with Crippen molar-refractivity contribution in [1.29, 1.82) is 0 Å². The van der Waals surface area contributed by atoms with Gasteiger partial charge in [-0.15, -0.1) is 0 Å². The van der Waals surface area contributed by atoms with Gasteiger partial charge in [0.2, 0.25) is 0 Å². The average Bonchev–Trinajstić information content (AvgIpc) is 3.07. The van der Waals surface area contributed by atoms with Crippen molar-refractivity contribution in [3.05, 3.63) is 29.8 Å². The maximum atomic E-state index is 12.3. The van der Waals surface area contributed by atoms with Crippen molar-refractivity contribution in [3.63, 3.8) is 0 Å². The molecule has 0 radical (unpaired) electrons. The van der Waals surface area contributed by atoms with Gasteiger partial charge in [-0.1, -0.05) is 18.2 Å². The van der Waals surface area contributed by atoms with Crippen LogP contribution in [0.3, 0.4) is 0 Å². The van der Waals surface area contributed by atoms with Crippen LogP contribution in [0.1, 0.15) is 5.56 Å². The summed E-state index contributed by atoms with van der Waals surface area (Å²) >= 11 is 0. The summed E-state index contributed by atoms with van der Waals surface area (Å²) in [5.41, 5.74) is 0.853. The Labute approximate surface area is 141 Å². The van der Waals surface area contributed by atoms with Gasteiger partial charge in [0.25, 0.3) is 10.2 Å². The number of hydrogen-bond donors (Lipinski definition) is 0. The van der Waals surface area contributed by atoms with Gasteiger partial charge >= 0.3 is 6.09 Å². The Morgan fingerprint density at radius 3 is 2.67 bits per heavy atom. The summed E-state index contributed by atoms with van der Waals surface area (Å²) in [6.45, 7) is 0.727. The van der Waals surface area contributed by atoms with E-state index in [1.54, 1.807) is 12.0 Å². The van der Waals surface area contributed by atoms with E-state index in [-0.39, 0.29) is 19.1 Å². The van der Waals surface area contributed by atoms with Crippen LogP contribution in [0, 0.1) is 0 Å². The third kappa shape index (κ3) is 2.83. The summed E-state index contributed by atoms with van der Waals surface area (Å²) in [7, 11) is 1.03. The van der Waals surface area contributed by atoms with Crippen molar-refractivity contribution in [2.75, 3.05) is 34.3 Å². The van der Waals surface area contributed by atoms with Crippen molar-refractivity contribution in [2.45, 2.75) is 18.7 Å². The summed E-state index contributed by atoms with van der Waals surface area (Å²) in [6, 6.07) is 7.13. The first kappa shape index (κ1) is 17.0. The first-order chi connectivity index (χ1) is 11.3. The second kappa shape index (κ2) is 6.23. The molecule has 0 N–H and O–H groups in total. The predicted molar refractivity (Wildman–Crippen MR) is 86.8 cm³/mol. The first-order valence-corrected chi connectivity index (χ1v) is 9.01. The van der Waals surface area contributed by atoms with Crippen LogP contribution in [0.25, 0.3) is 0 Å². The molecule has 132 valence electrons. The number of ether oxygens (including phenoxy) is 2. The molecule has 0 bridgehead atoms. The highest BCUT2D eigenvalue weighted by Gasteiger charge is 2.50. The Hall–Kier alpha value is -1.84. The second-order valence-corrected chi connectivity index (χ2v) is 8.18.